The van der Waals surface area contributed by atoms with Gasteiger partial charge in [0.15, 0.2) is 0 Å². The number of likely N-dealkylation sites (tertiary alicyclic amines) is 1. The van der Waals surface area contributed by atoms with Gasteiger partial charge in [-0.2, -0.15) is 0 Å². The molecule has 3 rings (SSSR count). The van der Waals surface area contributed by atoms with Crippen LogP contribution in [0.3, 0.4) is 0 Å². The van der Waals surface area contributed by atoms with Crippen LogP contribution in [0.2, 0.25) is 0 Å². The lowest BCUT2D eigenvalue weighted by Crippen LogP contribution is -2.40. The molecule has 1 saturated heterocycles. The molecule has 2 heterocycles. The van der Waals surface area contributed by atoms with Crippen molar-refractivity contribution in [3.63, 3.8) is 0 Å². The number of nitrogens with zero attached hydrogens (tertiary/aromatic N) is 1. The van der Waals surface area contributed by atoms with Crippen LogP contribution in [-0.2, 0) is 21.2 Å². The summed E-state index contributed by atoms with van der Waals surface area (Å²) in [6.45, 7) is 2.17. The topological polar surface area (TPSA) is 108 Å². The number of sulfonamides is 1. The average molecular weight is 397 g/mol. The van der Waals surface area contributed by atoms with E-state index >= 15 is 0 Å². The smallest absolute Gasteiger partial charge is 0.229 e. The van der Waals surface area contributed by atoms with Crippen LogP contribution in [-0.4, -0.2) is 56.5 Å². The van der Waals surface area contributed by atoms with Crippen molar-refractivity contribution in [3.05, 3.63) is 17.7 Å². The minimum atomic E-state index is -3.45. The van der Waals surface area contributed by atoms with E-state index in [1.54, 1.807) is 12.1 Å². The molecule has 9 heteroatoms. The largest absolute Gasteiger partial charge is 0.493 e. The van der Waals surface area contributed by atoms with E-state index in [1.165, 1.54) is 0 Å². The molecule has 1 fully saturated rings. The maximum atomic E-state index is 11.8. The van der Waals surface area contributed by atoms with Crippen LogP contribution < -0.4 is 14.8 Å². The van der Waals surface area contributed by atoms with Gasteiger partial charge < -0.3 is 15.2 Å². The second-order valence-electron chi connectivity index (χ2n) is 7.10. The first kappa shape index (κ1) is 19.9. The number of nitrogens with one attached hydrogen (secondary N) is 2. The third-order valence-corrected chi connectivity index (χ3v) is 5.45. The number of aliphatic hydroxyl groups is 1. The number of piperidine rings is 1. The van der Waals surface area contributed by atoms with E-state index < -0.39 is 10.0 Å². The standard InChI is InChI=1S/C18H27N3O5S/c1-27(24,25)20-14-7-8-15(13-6-9-16(22)19-18(13)14)26-12-4-11-21-10-3-2-5-17(21)23/h7-8,17,20,23H,2-6,9-12H2,1H3,(H,19,22). The normalized spacial score (nSPS) is 20.7. The molecule has 1 aromatic rings. The van der Waals surface area contributed by atoms with Crippen molar-refractivity contribution < 1.29 is 23.1 Å². The number of fused-ring (bicyclic) bond motifs is 1. The fourth-order valence-corrected chi connectivity index (χ4v) is 4.13. The van der Waals surface area contributed by atoms with E-state index in [4.69, 9.17) is 4.74 Å². The molecule has 1 aromatic carbocycles. The zero-order chi connectivity index (χ0) is 19.4. The third-order valence-electron chi connectivity index (χ3n) is 4.86. The SMILES string of the molecule is CS(=O)(=O)Nc1ccc(OCCCN2CCCCC2O)c2c1NC(=O)CC2. The highest BCUT2D eigenvalue weighted by Crippen LogP contribution is 2.37. The first-order valence-corrected chi connectivity index (χ1v) is 11.2. The first-order chi connectivity index (χ1) is 12.8. The highest BCUT2D eigenvalue weighted by molar-refractivity contribution is 7.92. The van der Waals surface area contributed by atoms with Gasteiger partial charge in [-0.25, -0.2) is 8.42 Å². The van der Waals surface area contributed by atoms with Gasteiger partial charge in [0.1, 0.15) is 12.0 Å². The molecule has 0 spiro atoms. The number of ether oxygens (including phenoxy) is 1. The van der Waals surface area contributed by atoms with Gasteiger partial charge in [0.05, 0.1) is 24.2 Å². The lowest BCUT2D eigenvalue weighted by Gasteiger charge is -2.31. The van der Waals surface area contributed by atoms with E-state index in [9.17, 15) is 18.3 Å². The van der Waals surface area contributed by atoms with E-state index in [1.807, 2.05) is 0 Å². The quantitative estimate of drug-likeness (QED) is 0.602. The molecular formula is C18H27N3O5S. The molecule has 150 valence electrons. The summed E-state index contributed by atoms with van der Waals surface area (Å²) in [5.74, 6) is 0.513. The molecule has 1 amide bonds. The summed E-state index contributed by atoms with van der Waals surface area (Å²) in [7, 11) is -3.45. The number of anilines is 2. The summed E-state index contributed by atoms with van der Waals surface area (Å²) in [5.41, 5.74) is 1.63. The molecule has 0 aliphatic carbocycles. The summed E-state index contributed by atoms with van der Waals surface area (Å²) < 4.78 is 31.5. The predicted octanol–water partition coefficient (Wildman–Crippen LogP) is 1.52. The number of hydrogen-bond donors (Lipinski definition) is 3. The van der Waals surface area contributed by atoms with Crippen LogP contribution in [0.5, 0.6) is 5.75 Å². The van der Waals surface area contributed by atoms with Crippen molar-refractivity contribution in [3.8, 4) is 5.75 Å². The van der Waals surface area contributed by atoms with Crippen molar-refractivity contribution in [2.24, 2.45) is 0 Å². The van der Waals surface area contributed by atoms with E-state index in [0.717, 1.165) is 50.6 Å². The fourth-order valence-electron chi connectivity index (χ4n) is 3.56. The number of aliphatic hydroxyl groups excluding tert-OH is 1. The van der Waals surface area contributed by atoms with E-state index in [-0.39, 0.29) is 12.1 Å². The van der Waals surface area contributed by atoms with Gasteiger partial charge in [0.25, 0.3) is 0 Å². The molecule has 3 N–H and O–H groups in total. The number of amides is 1. The number of carbonyl (C=O) groups excluding carboxylic acids is 1. The van der Waals surface area contributed by atoms with Crippen molar-refractivity contribution in [1.82, 2.24) is 4.90 Å². The van der Waals surface area contributed by atoms with Crippen molar-refractivity contribution in [1.29, 1.82) is 0 Å². The Bertz CT molecular complexity index is 796. The summed E-state index contributed by atoms with van der Waals surface area (Å²) in [5, 5.41) is 12.7. The second kappa shape index (κ2) is 8.45. The number of rotatable bonds is 7. The molecule has 1 atom stereocenters. The van der Waals surface area contributed by atoms with E-state index in [2.05, 4.69) is 14.9 Å². The highest BCUT2D eigenvalue weighted by atomic mass is 32.2. The lowest BCUT2D eigenvalue weighted by atomic mass is 10.0. The van der Waals surface area contributed by atoms with Crippen LogP contribution in [0, 0.1) is 0 Å². The predicted molar refractivity (Wildman–Crippen MR) is 103 cm³/mol. The highest BCUT2D eigenvalue weighted by Gasteiger charge is 2.23. The number of carbonyl (C=O) groups is 1. The van der Waals surface area contributed by atoms with Gasteiger partial charge in [-0.05, 0) is 44.2 Å². The fraction of sp³-hybridized carbons (Fsp3) is 0.611. The zero-order valence-corrected chi connectivity index (χ0v) is 16.3. The van der Waals surface area contributed by atoms with Crippen LogP contribution in [0.1, 0.15) is 37.7 Å². The molecule has 1 unspecified atom stereocenters. The maximum absolute atomic E-state index is 11.8. The Hall–Kier alpha value is -1.84. The van der Waals surface area contributed by atoms with Gasteiger partial charge in [-0.3, -0.25) is 14.4 Å². The molecule has 0 aromatic heterocycles. The minimum absolute atomic E-state index is 0.143. The molecule has 0 saturated carbocycles. The minimum Gasteiger partial charge on any atom is -0.493 e. The summed E-state index contributed by atoms with van der Waals surface area (Å²) in [6, 6.07) is 3.34. The molecule has 0 bridgehead atoms. The first-order valence-electron chi connectivity index (χ1n) is 9.32. The van der Waals surface area contributed by atoms with E-state index in [0.29, 0.717) is 36.6 Å². The summed E-state index contributed by atoms with van der Waals surface area (Å²) >= 11 is 0. The molecule has 0 radical (unpaired) electrons. The summed E-state index contributed by atoms with van der Waals surface area (Å²) in [4.78, 5) is 13.8. The average Bonchev–Trinajstić information content (AvgIpc) is 2.60. The Kier molecular flexibility index (Phi) is 6.23. The lowest BCUT2D eigenvalue weighted by molar-refractivity contribution is -0.116. The maximum Gasteiger partial charge on any atom is 0.229 e. The van der Waals surface area contributed by atoms with Crippen LogP contribution in [0.4, 0.5) is 11.4 Å². The van der Waals surface area contributed by atoms with Crippen molar-refractivity contribution >= 4 is 27.3 Å². The van der Waals surface area contributed by atoms with Gasteiger partial charge >= 0.3 is 0 Å². The van der Waals surface area contributed by atoms with Gasteiger partial charge in [-0.1, -0.05) is 0 Å². The van der Waals surface area contributed by atoms with Gasteiger partial charge in [0, 0.05) is 25.1 Å². The van der Waals surface area contributed by atoms with Crippen LogP contribution in [0.25, 0.3) is 0 Å². The Balaban J connectivity index is 1.65. The molecular weight excluding hydrogens is 370 g/mol. The van der Waals surface area contributed by atoms with Crippen LogP contribution in [0.15, 0.2) is 12.1 Å². The summed E-state index contributed by atoms with van der Waals surface area (Å²) in [6.07, 6.45) is 5.34. The number of benzene rings is 1. The Labute approximate surface area is 159 Å². The van der Waals surface area contributed by atoms with Crippen molar-refractivity contribution in [2.45, 2.75) is 44.8 Å². The van der Waals surface area contributed by atoms with Gasteiger partial charge in [0.2, 0.25) is 15.9 Å². The van der Waals surface area contributed by atoms with Gasteiger partial charge in [-0.15, -0.1) is 0 Å². The third kappa shape index (κ3) is 5.33. The Morgan fingerprint density at radius 2 is 2.15 bits per heavy atom. The second-order valence-corrected chi connectivity index (χ2v) is 8.85. The van der Waals surface area contributed by atoms with Crippen LogP contribution >= 0.6 is 0 Å². The Morgan fingerprint density at radius 1 is 1.33 bits per heavy atom. The molecule has 8 nitrogen and oxygen atoms in total. The number of hydrogen-bond acceptors (Lipinski definition) is 6. The van der Waals surface area contributed by atoms with Crippen molar-refractivity contribution in [2.75, 3.05) is 36.0 Å². The molecule has 2 aliphatic heterocycles. The molecule has 27 heavy (non-hydrogen) atoms. The Morgan fingerprint density at radius 3 is 2.89 bits per heavy atom. The zero-order valence-electron chi connectivity index (χ0n) is 15.5. The molecule has 2 aliphatic rings. The monoisotopic (exact) mass is 397 g/mol.